The Morgan fingerprint density at radius 1 is 1.00 bits per heavy atom. The van der Waals surface area contributed by atoms with Crippen LogP contribution in [0.15, 0.2) is 18.2 Å². The maximum Gasteiger partial charge on any atom is 0.434 e. The van der Waals surface area contributed by atoms with E-state index in [9.17, 15) is 31.1 Å². The van der Waals surface area contributed by atoms with E-state index in [0.29, 0.717) is 12.8 Å². The van der Waals surface area contributed by atoms with Crippen LogP contribution in [0.25, 0.3) is 0 Å². The molecule has 0 aromatic heterocycles. The van der Waals surface area contributed by atoms with Gasteiger partial charge in [-0.25, -0.2) is 4.79 Å². The minimum absolute atomic E-state index is 0.0719. The number of piperidine rings is 1. The predicted octanol–water partition coefficient (Wildman–Crippen LogP) is 4.75. The van der Waals surface area contributed by atoms with Gasteiger partial charge in [0.2, 0.25) is 0 Å². The molecule has 1 spiro atoms. The number of nitrogens with zero attached hydrogens (tertiary/aromatic N) is 3. The predicted molar refractivity (Wildman–Crippen MR) is 120 cm³/mol. The zero-order valence-corrected chi connectivity index (χ0v) is 20.1. The number of aryl methyl sites for hydroxylation is 1. The van der Waals surface area contributed by atoms with E-state index in [2.05, 4.69) is 39.7 Å². The Labute approximate surface area is 206 Å². The van der Waals surface area contributed by atoms with Gasteiger partial charge in [-0.05, 0) is 55.3 Å². The largest absolute Gasteiger partial charge is 0.434 e. The zero-order valence-electron chi connectivity index (χ0n) is 20.1. The third-order valence-corrected chi connectivity index (χ3v) is 7.43. The molecule has 4 rings (SSSR count). The smallest absolute Gasteiger partial charge is 0.426 e. The molecule has 3 aliphatic rings. The number of benzene rings is 1. The van der Waals surface area contributed by atoms with Crippen LogP contribution in [-0.2, 0) is 16.0 Å². The molecule has 0 bridgehead atoms. The number of morpholine rings is 1. The van der Waals surface area contributed by atoms with Crippen molar-refractivity contribution < 1.29 is 40.6 Å². The topological polar surface area (TPSA) is 45.2 Å². The first-order valence-corrected chi connectivity index (χ1v) is 12.1. The maximum absolute atomic E-state index is 12.7. The van der Waals surface area contributed by atoms with Gasteiger partial charge in [-0.1, -0.05) is 12.1 Å². The highest BCUT2D eigenvalue weighted by atomic mass is 19.4. The Hall–Kier alpha value is -2.21. The average molecular weight is 524 g/mol. The van der Waals surface area contributed by atoms with Gasteiger partial charge < -0.3 is 19.3 Å². The van der Waals surface area contributed by atoms with Gasteiger partial charge >= 0.3 is 18.4 Å². The molecule has 0 atom stereocenters. The lowest BCUT2D eigenvalue weighted by molar-refractivity contribution is -0.308. The number of hydrogen-bond acceptors (Lipinski definition) is 5. The van der Waals surface area contributed by atoms with Crippen molar-refractivity contribution in [3.63, 3.8) is 0 Å². The number of halogens is 6. The van der Waals surface area contributed by atoms with Gasteiger partial charge in [0.15, 0.2) is 0 Å². The van der Waals surface area contributed by atoms with E-state index in [-0.39, 0.29) is 18.5 Å². The molecule has 0 aliphatic carbocycles. The van der Waals surface area contributed by atoms with Crippen molar-refractivity contribution >= 4 is 11.8 Å². The van der Waals surface area contributed by atoms with Crippen LogP contribution >= 0.6 is 0 Å². The van der Waals surface area contributed by atoms with Crippen LogP contribution in [0, 0.1) is 12.3 Å². The molecule has 0 N–H and O–H groups in total. The Kier molecular flexibility index (Phi) is 7.66. The van der Waals surface area contributed by atoms with Crippen molar-refractivity contribution in [2.45, 2.75) is 51.2 Å². The Bertz CT molecular complexity index is 911. The summed E-state index contributed by atoms with van der Waals surface area (Å²) in [6, 6.07) is 6.45. The summed E-state index contributed by atoms with van der Waals surface area (Å²) < 4.78 is 85.6. The Morgan fingerprint density at radius 2 is 1.61 bits per heavy atom. The molecule has 1 aromatic rings. The van der Waals surface area contributed by atoms with Gasteiger partial charge in [0.25, 0.3) is 6.10 Å². The molecule has 3 fully saturated rings. The summed E-state index contributed by atoms with van der Waals surface area (Å²) in [4.78, 5) is 17.7. The van der Waals surface area contributed by atoms with Crippen LogP contribution in [0.2, 0.25) is 0 Å². The highest BCUT2D eigenvalue weighted by Gasteiger charge is 2.60. The maximum atomic E-state index is 12.7. The lowest BCUT2D eigenvalue weighted by Crippen LogP contribution is -2.50. The third kappa shape index (κ3) is 6.19. The summed E-state index contributed by atoms with van der Waals surface area (Å²) in [5, 5.41) is 0. The van der Waals surface area contributed by atoms with E-state index < -0.39 is 24.5 Å². The molecule has 3 aliphatic heterocycles. The van der Waals surface area contributed by atoms with Crippen LogP contribution < -0.4 is 4.90 Å². The van der Waals surface area contributed by atoms with E-state index >= 15 is 0 Å². The monoisotopic (exact) mass is 523 g/mol. The molecule has 3 heterocycles. The first kappa shape index (κ1) is 26.8. The minimum atomic E-state index is -5.71. The summed E-state index contributed by atoms with van der Waals surface area (Å²) in [6.07, 6.45) is -15.2. The van der Waals surface area contributed by atoms with Crippen molar-refractivity contribution in [1.82, 2.24) is 9.80 Å². The van der Waals surface area contributed by atoms with E-state index in [1.54, 1.807) is 0 Å². The first-order chi connectivity index (χ1) is 16.9. The summed E-state index contributed by atoms with van der Waals surface area (Å²) >= 11 is 0. The van der Waals surface area contributed by atoms with Crippen molar-refractivity contribution in [2.75, 3.05) is 57.4 Å². The SMILES string of the molecule is Cc1cc(CN2CCC3(CCN(C(=O)OC(C(F)(F)F)C(F)(F)F)CC3)C2)ccc1N1CCOCC1. The van der Waals surface area contributed by atoms with Gasteiger partial charge in [-0.2, -0.15) is 26.3 Å². The standard InChI is InChI=1S/C24H31F6N3O3/c1-17-14-18(2-3-19(17)32-10-12-35-13-11-32)15-31-7-4-22(16-31)5-8-33(9-6-22)21(34)36-20(23(25,26)27)24(28,29)30/h2-3,14,20H,4-13,15-16H2,1H3. The first-order valence-electron chi connectivity index (χ1n) is 12.1. The van der Waals surface area contributed by atoms with E-state index in [1.165, 1.54) is 16.8 Å². The summed E-state index contributed by atoms with van der Waals surface area (Å²) in [7, 11) is 0. The van der Waals surface area contributed by atoms with Crippen molar-refractivity contribution in [1.29, 1.82) is 0 Å². The number of amides is 1. The van der Waals surface area contributed by atoms with Gasteiger partial charge in [0.1, 0.15) is 0 Å². The van der Waals surface area contributed by atoms with Gasteiger partial charge in [-0.3, -0.25) is 4.90 Å². The highest BCUT2D eigenvalue weighted by Crippen LogP contribution is 2.42. The fourth-order valence-corrected chi connectivity index (χ4v) is 5.46. The van der Waals surface area contributed by atoms with Gasteiger partial charge in [-0.15, -0.1) is 0 Å². The molecule has 1 amide bonds. The number of ether oxygens (including phenoxy) is 2. The third-order valence-electron chi connectivity index (χ3n) is 7.43. The van der Waals surface area contributed by atoms with Gasteiger partial charge in [0, 0.05) is 45.0 Å². The van der Waals surface area contributed by atoms with Crippen LogP contribution in [-0.4, -0.2) is 86.8 Å². The molecule has 0 radical (unpaired) electrons. The molecule has 0 saturated carbocycles. The average Bonchev–Trinajstić information content (AvgIpc) is 3.18. The molecular weight excluding hydrogens is 492 g/mol. The molecule has 202 valence electrons. The van der Waals surface area contributed by atoms with E-state index in [0.717, 1.165) is 57.3 Å². The molecule has 0 unspecified atom stereocenters. The second-order valence-electron chi connectivity index (χ2n) is 10.0. The molecule has 36 heavy (non-hydrogen) atoms. The lowest BCUT2D eigenvalue weighted by Gasteiger charge is -2.39. The van der Waals surface area contributed by atoms with E-state index in [1.807, 2.05) is 0 Å². The number of anilines is 1. The van der Waals surface area contributed by atoms with Crippen molar-refractivity contribution in [3.8, 4) is 0 Å². The highest BCUT2D eigenvalue weighted by molar-refractivity contribution is 5.68. The Balaban J connectivity index is 1.29. The van der Waals surface area contributed by atoms with Crippen LogP contribution in [0.4, 0.5) is 36.8 Å². The number of carbonyl (C=O) groups is 1. The fourth-order valence-electron chi connectivity index (χ4n) is 5.46. The molecular formula is C24H31F6N3O3. The summed E-state index contributed by atoms with van der Waals surface area (Å²) in [5.41, 5.74) is 3.49. The van der Waals surface area contributed by atoms with Gasteiger partial charge in [0.05, 0.1) is 13.2 Å². The van der Waals surface area contributed by atoms with E-state index in [4.69, 9.17) is 4.74 Å². The second kappa shape index (κ2) is 10.3. The molecule has 3 saturated heterocycles. The number of hydrogen-bond donors (Lipinski definition) is 0. The number of rotatable bonds is 4. The summed E-state index contributed by atoms with van der Waals surface area (Å²) in [5.74, 6) is 0. The van der Waals surface area contributed by atoms with Crippen molar-refractivity contribution in [2.24, 2.45) is 5.41 Å². The van der Waals surface area contributed by atoms with Crippen LogP contribution in [0.3, 0.4) is 0 Å². The lowest BCUT2D eigenvalue weighted by atomic mass is 9.78. The fraction of sp³-hybridized carbons (Fsp3) is 0.708. The Morgan fingerprint density at radius 3 is 2.19 bits per heavy atom. The number of carbonyl (C=O) groups excluding carboxylic acids is 1. The number of likely N-dealkylation sites (tertiary alicyclic amines) is 2. The second-order valence-corrected chi connectivity index (χ2v) is 10.0. The minimum Gasteiger partial charge on any atom is -0.426 e. The zero-order chi connectivity index (χ0) is 26.1. The molecule has 1 aromatic carbocycles. The summed E-state index contributed by atoms with van der Waals surface area (Å²) in [6.45, 7) is 7.79. The van der Waals surface area contributed by atoms with Crippen LogP contribution in [0.5, 0.6) is 0 Å². The molecule has 12 heteroatoms. The molecule has 6 nitrogen and oxygen atoms in total. The quantitative estimate of drug-likeness (QED) is 0.534. The van der Waals surface area contributed by atoms with Crippen LogP contribution in [0.1, 0.15) is 30.4 Å². The van der Waals surface area contributed by atoms with Crippen molar-refractivity contribution in [3.05, 3.63) is 29.3 Å². The normalized spacial score (nSPS) is 21.4. The number of alkyl halides is 6.